The number of carbonyl (C=O) groups is 1. The van der Waals surface area contributed by atoms with Gasteiger partial charge in [0.25, 0.3) is 0 Å². The maximum Gasteiger partial charge on any atom is 0.327 e. The molecule has 2 aromatic rings. The Kier molecular flexibility index (Phi) is 6.80. The molecule has 11 heteroatoms. The standard InChI is InChI=1S/C25H31F2N7O2/c1-28-22-19(8-7-15(14-30-22)17-4-2-5-18(26)21(17)27)31-24(35)33-12-9-16(10-13-33)34-20-6-3-11-29-23(20)32-25(34)36/h2-6,15-16,19,29H,7-14H2,1H3,(H,28,30)(H,31,35)(H,32,36)/t15-,19-/m1/s1. The molecule has 2 saturated heterocycles. The second-order valence-corrected chi connectivity index (χ2v) is 9.47. The number of hydrogen-bond donors (Lipinski definition) is 4. The monoisotopic (exact) mass is 499 g/mol. The number of aromatic nitrogens is 2. The number of aromatic amines is 1. The Labute approximate surface area is 207 Å². The second-order valence-electron chi connectivity index (χ2n) is 9.47. The summed E-state index contributed by atoms with van der Waals surface area (Å²) in [4.78, 5) is 34.6. The zero-order valence-corrected chi connectivity index (χ0v) is 20.2. The maximum atomic E-state index is 14.4. The van der Waals surface area contributed by atoms with Gasteiger partial charge in [-0.15, -0.1) is 0 Å². The van der Waals surface area contributed by atoms with Crippen LogP contribution >= 0.6 is 0 Å². The van der Waals surface area contributed by atoms with Gasteiger partial charge in [0.05, 0.1) is 11.7 Å². The number of benzene rings is 1. The number of piperidine rings is 1. The fourth-order valence-electron chi connectivity index (χ4n) is 5.46. The molecule has 36 heavy (non-hydrogen) atoms. The zero-order valence-electron chi connectivity index (χ0n) is 20.2. The number of aliphatic imine (C=N–C) groups is 1. The van der Waals surface area contributed by atoms with Gasteiger partial charge in [0, 0.05) is 45.2 Å². The van der Waals surface area contributed by atoms with Crippen LogP contribution in [-0.4, -0.2) is 65.6 Å². The fourth-order valence-corrected chi connectivity index (χ4v) is 5.46. The minimum atomic E-state index is -0.857. The Bertz CT molecular complexity index is 1240. The molecular formula is C25H31F2N7O2. The van der Waals surface area contributed by atoms with Crippen LogP contribution in [-0.2, 0) is 0 Å². The number of halogens is 2. The summed E-state index contributed by atoms with van der Waals surface area (Å²) in [5.74, 6) is -0.541. The highest BCUT2D eigenvalue weighted by Gasteiger charge is 2.31. The molecule has 192 valence electrons. The van der Waals surface area contributed by atoms with Gasteiger partial charge in [0.2, 0.25) is 0 Å². The number of amidine groups is 1. The summed E-state index contributed by atoms with van der Waals surface area (Å²) in [6, 6.07) is 3.71. The molecule has 3 aliphatic rings. The van der Waals surface area contributed by atoms with Crippen molar-refractivity contribution in [1.82, 2.24) is 25.1 Å². The van der Waals surface area contributed by atoms with Gasteiger partial charge in [-0.05, 0) is 43.4 Å². The smallest absolute Gasteiger partial charge is 0.327 e. The molecule has 2 amide bonds. The first-order chi connectivity index (χ1) is 17.5. The number of anilines is 1. The van der Waals surface area contributed by atoms with E-state index in [9.17, 15) is 18.4 Å². The normalized spacial score (nSPS) is 23.5. The number of imidazole rings is 1. The van der Waals surface area contributed by atoms with E-state index < -0.39 is 11.6 Å². The van der Waals surface area contributed by atoms with E-state index >= 15 is 0 Å². The van der Waals surface area contributed by atoms with Crippen LogP contribution in [0.4, 0.5) is 19.4 Å². The SMILES string of the molecule is CN=C1NC[C@H](c2cccc(F)c2F)CC[C@H]1NC(=O)N1CCC(n2c3c([nH]c2=O)NCC=C3)CC1. The first-order valence-corrected chi connectivity index (χ1v) is 12.4. The molecule has 4 N–H and O–H groups in total. The molecule has 5 rings (SSSR count). The van der Waals surface area contributed by atoms with Crippen LogP contribution in [0.5, 0.6) is 0 Å². The number of fused-ring (bicyclic) bond motifs is 1. The van der Waals surface area contributed by atoms with Gasteiger partial charge in [0.1, 0.15) is 11.7 Å². The minimum Gasteiger partial charge on any atom is -0.371 e. The quantitative estimate of drug-likeness (QED) is 0.521. The largest absolute Gasteiger partial charge is 0.371 e. The summed E-state index contributed by atoms with van der Waals surface area (Å²) in [5, 5.41) is 9.46. The van der Waals surface area contributed by atoms with Crippen LogP contribution < -0.4 is 21.6 Å². The number of nitrogens with one attached hydrogen (secondary N) is 4. The Morgan fingerprint density at radius 1 is 1.14 bits per heavy atom. The third kappa shape index (κ3) is 4.61. The number of likely N-dealkylation sites (tertiary alicyclic amines) is 1. The van der Waals surface area contributed by atoms with Crippen molar-refractivity contribution in [2.75, 3.05) is 38.5 Å². The molecule has 0 unspecified atom stereocenters. The van der Waals surface area contributed by atoms with Crippen molar-refractivity contribution in [3.05, 3.63) is 57.7 Å². The van der Waals surface area contributed by atoms with Crippen LogP contribution in [0.15, 0.2) is 34.1 Å². The van der Waals surface area contributed by atoms with Crippen molar-refractivity contribution in [3.63, 3.8) is 0 Å². The molecule has 2 atom stereocenters. The number of nitrogens with zero attached hydrogens (tertiary/aromatic N) is 3. The van der Waals surface area contributed by atoms with Gasteiger partial charge in [-0.2, -0.15) is 0 Å². The van der Waals surface area contributed by atoms with Crippen LogP contribution in [0.3, 0.4) is 0 Å². The average Bonchev–Trinajstić information content (AvgIpc) is 3.09. The lowest BCUT2D eigenvalue weighted by molar-refractivity contribution is 0.169. The molecule has 0 bridgehead atoms. The van der Waals surface area contributed by atoms with Crippen LogP contribution in [0, 0.1) is 11.6 Å². The lowest BCUT2D eigenvalue weighted by Gasteiger charge is -2.34. The lowest BCUT2D eigenvalue weighted by Crippen LogP contribution is -2.52. The van der Waals surface area contributed by atoms with Crippen molar-refractivity contribution in [2.45, 2.75) is 43.7 Å². The van der Waals surface area contributed by atoms with Crippen LogP contribution in [0.2, 0.25) is 0 Å². The van der Waals surface area contributed by atoms with Crippen molar-refractivity contribution in [2.24, 2.45) is 4.99 Å². The van der Waals surface area contributed by atoms with Gasteiger partial charge in [-0.1, -0.05) is 18.2 Å². The van der Waals surface area contributed by atoms with E-state index in [0.29, 0.717) is 63.3 Å². The lowest BCUT2D eigenvalue weighted by atomic mass is 9.93. The Morgan fingerprint density at radius 3 is 2.72 bits per heavy atom. The first-order valence-electron chi connectivity index (χ1n) is 12.4. The molecule has 1 aromatic carbocycles. The van der Waals surface area contributed by atoms with Gasteiger partial charge in [-0.25, -0.2) is 18.4 Å². The van der Waals surface area contributed by atoms with Gasteiger partial charge in [-0.3, -0.25) is 14.5 Å². The number of urea groups is 1. The molecule has 2 fully saturated rings. The molecule has 0 spiro atoms. The van der Waals surface area contributed by atoms with Crippen molar-refractivity contribution in [1.29, 1.82) is 0 Å². The minimum absolute atomic E-state index is 0.0142. The fraction of sp³-hybridized carbons (Fsp3) is 0.480. The highest BCUT2D eigenvalue weighted by molar-refractivity contribution is 5.91. The number of H-pyrrole nitrogens is 1. The van der Waals surface area contributed by atoms with E-state index in [1.165, 1.54) is 6.07 Å². The predicted molar refractivity (Wildman–Crippen MR) is 134 cm³/mol. The predicted octanol–water partition coefficient (Wildman–Crippen LogP) is 2.80. The Balaban J connectivity index is 1.21. The molecule has 9 nitrogen and oxygen atoms in total. The molecule has 0 aliphatic carbocycles. The summed E-state index contributed by atoms with van der Waals surface area (Å²) in [7, 11) is 1.65. The molecular weight excluding hydrogens is 468 g/mol. The summed E-state index contributed by atoms with van der Waals surface area (Å²) in [6.07, 6.45) is 6.40. The van der Waals surface area contributed by atoms with E-state index in [-0.39, 0.29) is 29.7 Å². The van der Waals surface area contributed by atoms with Gasteiger partial charge < -0.3 is 20.9 Å². The van der Waals surface area contributed by atoms with Gasteiger partial charge >= 0.3 is 11.7 Å². The average molecular weight is 500 g/mol. The third-order valence-corrected chi connectivity index (χ3v) is 7.38. The van der Waals surface area contributed by atoms with Gasteiger partial charge in [0.15, 0.2) is 11.6 Å². The summed E-state index contributed by atoms with van der Waals surface area (Å²) < 4.78 is 29.9. The highest BCUT2D eigenvalue weighted by Crippen LogP contribution is 2.29. The summed E-state index contributed by atoms with van der Waals surface area (Å²) in [6.45, 7) is 2.14. The topological polar surface area (TPSA) is 107 Å². The van der Waals surface area contributed by atoms with E-state index in [4.69, 9.17) is 0 Å². The number of amides is 2. The summed E-state index contributed by atoms with van der Waals surface area (Å²) >= 11 is 0. The number of rotatable bonds is 3. The molecule has 3 aliphatic heterocycles. The van der Waals surface area contributed by atoms with E-state index in [1.807, 2.05) is 12.2 Å². The molecule has 0 radical (unpaired) electrons. The first kappa shape index (κ1) is 24.1. The summed E-state index contributed by atoms with van der Waals surface area (Å²) in [5.41, 5.74) is 1.05. The Hall–Kier alpha value is -3.63. The van der Waals surface area contributed by atoms with Crippen LogP contribution in [0.1, 0.15) is 48.9 Å². The van der Waals surface area contributed by atoms with E-state index in [1.54, 1.807) is 22.6 Å². The van der Waals surface area contributed by atoms with E-state index in [0.717, 1.165) is 17.6 Å². The van der Waals surface area contributed by atoms with Crippen LogP contribution in [0.25, 0.3) is 6.08 Å². The second kappa shape index (κ2) is 10.2. The zero-order chi connectivity index (χ0) is 25.2. The number of hydrogen-bond acceptors (Lipinski definition) is 4. The maximum absolute atomic E-state index is 14.4. The number of carbonyl (C=O) groups excluding carboxylic acids is 1. The molecule has 0 saturated carbocycles. The Morgan fingerprint density at radius 2 is 1.94 bits per heavy atom. The van der Waals surface area contributed by atoms with E-state index in [2.05, 4.69) is 25.9 Å². The van der Waals surface area contributed by atoms with Crippen molar-refractivity contribution < 1.29 is 13.6 Å². The molecule has 4 heterocycles. The molecule has 1 aromatic heterocycles. The highest BCUT2D eigenvalue weighted by atomic mass is 19.2. The van der Waals surface area contributed by atoms with Crippen molar-refractivity contribution >= 4 is 23.8 Å². The third-order valence-electron chi connectivity index (χ3n) is 7.38. The van der Waals surface area contributed by atoms with Crippen molar-refractivity contribution in [3.8, 4) is 0 Å².